The van der Waals surface area contributed by atoms with Crippen molar-refractivity contribution in [1.82, 2.24) is 4.57 Å². The van der Waals surface area contributed by atoms with Crippen LogP contribution in [-0.4, -0.2) is 4.57 Å². The van der Waals surface area contributed by atoms with E-state index in [-0.39, 0.29) is 0 Å². The highest BCUT2D eigenvalue weighted by Crippen LogP contribution is 2.29. The molecule has 108 valence electrons. The van der Waals surface area contributed by atoms with Crippen LogP contribution in [0.2, 0.25) is 15.1 Å². The molecule has 0 bridgehead atoms. The van der Waals surface area contributed by atoms with Gasteiger partial charge in [-0.2, -0.15) is 0 Å². The van der Waals surface area contributed by atoms with E-state index in [1.165, 1.54) is 0 Å². The highest BCUT2D eigenvalue weighted by atomic mass is 35.5. The Balaban J connectivity index is 2.12. The fourth-order valence-electron chi connectivity index (χ4n) is 2.49. The minimum atomic E-state index is 0.481. The first-order chi connectivity index (χ1) is 10.1. The normalized spacial score (nSPS) is 11.2. The van der Waals surface area contributed by atoms with Gasteiger partial charge in [-0.25, -0.2) is 0 Å². The summed E-state index contributed by atoms with van der Waals surface area (Å²) in [5.74, 6) is 0. The van der Waals surface area contributed by atoms with E-state index in [2.05, 4.69) is 4.57 Å². The van der Waals surface area contributed by atoms with Gasteiger partial charge in [-0.3, -0.25) is 0 Å². The van der Waals surface area contributed by atoms with Crippen molar-refractivity contribution < 1.29 is 0 Å². The molecule has 1 heterocycles. The van der Waals surface area contributed by atoms with Crippen molar-refractivity contribution in [2.24, 2.45) is 5.73 Å². The molecule has 3 aromatic rings. The molecular formula is C16H13Cl3N2. The maximum Gasteiger partial charge on any atom is 0.0642 e. The highest BCUT2D eigenvalue weighted by Gasteiger charge is 2.11. The quantitative estimate of drug-likeness (QED) is 0.706. The third-order valence-electron chi connectivity index (χ3n) is 3.52. The van der Waals surface area contributed by atoms with Crippen LogP contribution in [0.5, 0.6) is 0 Å². The van der Waals surface area contributed by atoms with E-state index in [9.17, 15) is 0 Å². The van der Waals surface area contributed by atoms with E-state index in [0.717, 1.165) is 22.0 Å². The third-order valence-corrected chi connectivity index (χ3v) is 4.61. The van der Waals surface area contributed by atoms with E-state index >= 15 is 0 Å². The first kappa shape index (κ1) is 14.7. The number of fused-ring (bicyclic) bond motifs is 1. The summed E-state index contributed by atoms with van der Waals surface area (Å²) in [6.45, 7) is 1.10. The van der Waals surface area contributed by atoms with Crippen LogP contribution in [0.1, 0.15) is 11.1 Å². The number of hydrogen-bond acceptors (Lipinski definition) is 1. The Morgan fingerprint density at radius 3 is 2.57 bits per heavy atom. The van der Waals surface area contributed by atoms with E-state index in [0.29, 0.717) is 28.2 Å². The molecule has 5 heteroatoms. The van der Waals surface area contributed by atoms with Crippen LogP contribution in [0, 0.1) is 0 Å². The molecule has 21 heavy (non-hydrogen) atoms. The van der Waals surface area contributed by atoms with Crippen LogP contribution in [0.4, 0.5) is 0 Å². The minimum Gasteiger partial charge on any atom is -0.343 e. The van der Waals surface area contributed by atoms with Gasteiger partial charge in [0.25, 0.3) is 0 Å². The van der Waals surface area contributed by atoms with Gasteiger partial charge in [-0.05, 0) is 29.3 Å². The minimum absolute atomic E-state index is 0.481. The van der Waals surface area contributed by atoms with E-state index in [1.54, 1.807) is 6.07 Å². The highest BCUT2D eigenvalue weighted by molar-refractivity contribution is 6.42. The summed E-state index contributed by atoms with van der Waals surface area (Å²) in [6, 6.07) is 11.5. The number of rotatable bonds is 3. The van der Waals surface area contributed by atoms with Crippen molar-refractivity contribution in [3.05, 3.63) is 68.8 Å². The Hall–Kier alpha value is -1.19. The van der Waals surface area contributed by atoms with Gasteiger partial charge in [0.15, 0.2) is 0 Å². The molecular weight excluding hydrogens is 327 g/mol. The molecule has 0 aliphatic rings. The molecule has 0 amide bonds. The Morgan fingerprint density at radius 1 is 1.00 bits per heavy atom. The second-order valence-corrected chi connectivity index (χ2v) is 6.08. The van der Waals surface area contributed by atoms with E-state index < -0.39 is 0 Å². The second kappa shape index (κ2) is 5.90. The average Bonchev–Trinajstić information content (AvgIpc) is 2.81. The van der Waals surface area contributed by atoms with Gasteiger partial charge in [0.05, 0.1) is 15.6 Å². The Morgan fingerprint density at radius 2 is 1.81 bits per heavy atom. The largest absolute Gasteiger partial charge is 0.343 e. The molecule has 0 saturated heterocycles. The molecule has 0 atom stereocenters. The van der Waals surface area contributed by atoms with Crippen LogP contribution in [0.15, 0.2) is 42.6 Å². The van der Waals surface area contributed by atoms with E-state index in [4.69, 9.17) is 40.5 Å². The first-order valence-electron chi connectivity index (χ1n) is 6.50. The predicted molar refractivity (Wildman–Crippen MR) is 90.4 cm³/mol. The van der Waals surface area contributed by atoms with Crippen LogP contribution in [-0.2, 0) is 13.1 Å². The average molecular weight is 340 g/mol. The number of aromatic nitrogens is 1. The Labute approximate surface area is 138 Å². The Bertz CT molecular complexity index is 809. The Kier molecular flexibility index (Phi) is 4.14. The lowest BCUT2D eigenvalue weighted by Crippen LogP contribution is -1.99. The van der Waals surface area contributed by atoms with Crippen molar-refractivity contribution in [3.63, 3.8) is 0 Å². The van der Waals surface area contributed by atoms with Crippen molar-refractivity contribution in [3.8, 4) is 0 Å². The third kappa shape index (κ3) is 2.77. The summed E-state index contributed by atoms with van der Waals surface area (Å²) < 4.78 is 2.10. The van der Waals surface area contributed by atoms with Gasteiger partial charge in [0, 0.05) is 29.7 Å². The van der Waals surface area contributed by atoms with E-state index in [1.807, 2.05) is 36.5 Å². The lowest BCUT2D eigenvalue weighted by atomic mass is 10.2. The van der Waals surface area contributed by atoms with Gasteiger partial charge in [-0.1, -0.05) is 53.0 Å². The maximum atomic E-state index is 6.27. The molecule has 0 fully saturated rings. The van der Waals surface area contributed by atoms with Gasteiger partial charge in [-0.15, -0.1) is 0 Å². The fourth-order valence-corrected chi connectivity index (χ4v) is 3.03. The van der Waals surface area contributed by atoms with Crippen molar-refractivity contribution in [2.75, 3.05) is 0 Å². The maximum absolute atomic E-state index is 6.27. The van der Waals surface area contributed by atoms with Crippen molar-refractivity contribution in [1.29, 1.82) is 0 Å². The first-order valence-corrected chi connectivity index (χ1v) is 7.63. The smallest absolute Gasteiger partial charge is 0.0642 e. The molecule has 2 N–H and O–H groups in total. The zero-order valence-corrected chi connectivity index (χ0v) is 13.4. The summed E-state index contributed by atoms with van der Waals surface area (Å²) in [5.41, 5.74) is 8.91. The van der Waals surface area contributed by atoms with Crippen LogP contribution < -0.4 is 5.73 Å². The molecule has 0 spiro atoms. The number of nitrogens with two attached hydrogens (primary N) is 1. The van der Waals surface area contributed by atoms with Crippen molar-refractivity contribution >= 4 is 45.7 Å². The molecule has 2 aromatic carbocycles. The predicted octanol–water partition coefficient (Wildman–Crippen LogP) is 5.11. The standard InChI is InChI=1S/C16H13Cl3N2/c17-12-4-5-13-11(7-20)9-21(15(13)6-12)8-10-2-1-3-14(18)16(10)19/h1-6,9H,7-8,20H2. The molecule has 0 aliphatic carbocycles. The fraction of sp³-hybridized carbons (Fsp3) is 0.125. The molecule has 0 radical (unpaired) electrons. The van der Waals surface area contributed by atoms with Crippen LogP contribution in [0.3, 0.4) is 0 Å². The number of hydrogen-bond donors (Lipinski definition) is 1. The number of halogens is 3. The summed E-state index contributed by atoms with van der Waals surface area (Å²) in [5, 5.41) is 2.95. The zero-order chi connectivity index (χ0) is 15.0. The van der Waals surface area contributed by atoms with Gasteiger partial charge in [0.2, 0.25) is 0 Å². The molecule has 1 aromatic heterocycles. The lowest BCUT2D eigenvalue weighted by Gasteiger charge is -2.08. The van der Waals surface area contributed by atoms with Crippen molar-refractivity contribution in [2.45, 2.75) is 13.1 Å². The number of nitrogens with zero attached hydrogens (tertiary/aromatic N) is 1. The molecule has 2 nitrogen and oxygen atoms in total. The summed E-state index contributed by atoms with van der Waals surface area (Å²) in [6.07, 6.45) is 2.04. The van der Waals surface area contributed by atoms with Crippen LogP contribution >= 0.6 is 34.8 Å². The molecule has 0 saturated carbocycles. The van der Waals surface area contributed by atoms with Gasteiger partial charge >= 0.3 is 0 Å². The number of benzene rings is 2. The second-order valence-electron chi connectivity index (χ2n) is 4.86. The molecule has 0 aliphatic heterocycles. The monoisotopic (exact) mass is 338 g/mol. The summed E-state index contributed by atoms with van der Waals surface area (Å²) >= 11 is 18.5. The van der Waals surface area contributed by atoms with Crippen LogP contribution in [0.25, 0.3) is 10.9 Å². The molecule has 0 unspecified atom stereocenters. The summed E-state index contributed by atoms with van der Waals surface area (Å²) in [7, 11) is 0. The topological polar surface area (TPSA) is 30.9 Å². The summed E-state index contributed by atoms with van der Waals surface area (Å²) in [4.78, 5) is 0. The SMILES string of the molecule is NCc1cn(Cc2cccc(Cl)c2Cl)c2cc(Cl)ccc12. The molecule has 3 rings (SSSR count). The lowest BCUT2D eigenvalue weighted by molar-refractivity contribution is 0.830. The van der Waals surface area contributed by atoms with Gasteiger partial charge < -0.3 is 10.3 Å². The zero-order valence-electron chi connectivity index (χ0n) is 11.1. The van der Waals surface area contributed by atoms with Gasteiger partial charge in [0.1, 0.15) is 0 Å².